The fourth-order valence-electron chi connectivity index (χ4n) is 1.50. The summed E-state index contributed by atoms with van der Waals surface area (Å²) in [6.07, 6.45) is 2.70. The van der Waals surface area contributed by atoms with Crippen LogP contribution in [0, 0.1) is 0 Å². The Hall–Kier alpha value is -1.88. The summed E-state index contributed by atoms with van der Waals surface area (Å²) in [7, 11) is 0. The van der Waals surface area contributed by atoms with Gasteiger partial charge in [0.2, 0.25) is 5.91 Å². The molecule has 1 amide bonds. The third-order valence-corrected chi connectivity index (χ3v) is 3.21. The van der Waals surface area contributed by atoms with Gasteiger partial charge in [-0.3, -0.25) is 4.79 Å². The van der Waals surface area contributed by atoms with Crippen LogP contribution >= 0.6 is 11.3 Å². The molecule has 0 unspecified atom stereocenters. The smallest absolute Gasteiger partial charge is 0.243 e. The van der Waals surface area contributed by atoms with E-state index in [1.807, 2.05) is 29.6 Å². The molecular weight excluding hydrogens is 246 g/mol. The van der Waals surface area contributed by atoms with Gasteiger partial charge in [0.25, 0.3) is 0 Å². The lowest BCUT2D eigenvalue weighted by molar-refractivity contribution is -0.114. The highest BCUT2D eigenvalue weighted by molar-refractivity contribution is 7.13. The van der Waals surface area contributed by atoms with E-state index in [1.165, 1.54) is 16.9 Å². The van der Waals surface area contributed by atoms with E-state index < -0.39 is 0 Å². The molecular formula is C13H15N3OS. The number of hydrogen-bond acceptors (Lipinski definition) is 4. The second-order valence-electron chi connectivity index (χ2n) is 3.79. The van der Waals surface area contributed by atoms with Gasteiger partial charge in [0.15, 0.2) is 5.13 Å². The van der Waals surface area contributed by atoms with Crippen molar-refractivity contribution in [3.8, 4) is 0 Å². The van der Waals surface area contributed by atoms with Crippen molar-refractivity contribution in [2.75, 3.05) is 17.2 Å². The van der Waals surface area contributed by atoms with Crippen molar-refractivity contribution in [3.05, 3.63) is 41.4 Å². The van der Waals surface area contributed by atoms with Gasteiger partial charge in [-0.2, -0.15) is 0 Å². The zero-order valence-electron chi connectivity index (χ0n) is 10.1. The third-order valence-electron chi connectivity index (χ3n) is 2.48. The van der Waals surface area contributed by atoms with Crippen LogP contribution in [0.5, 0.6) is 0 Å². The van der Waals surface area contributed by atoms with Crippen LogP contribution in [-0.4, -0.2) is 17.4 Å². The minimum atomic E-state index is -0.0746. The average Bonchev–Trinajstić information content (AvgIpc) is 2.90. The number of amides is 1. The molecule has 0 bridgehead atoms. The fraction of sp³-hybridized carbons (Fsp3) is 0.231. The van der Waals surface area contributed by atoms with Crippen LogP contribution in [0.3, 0.4) is 0 Å². The SMILES string of the molecule is CCc1ccc(NC(=O)CNc2nccs2)cc1. The zero-order chi connectivity index (χ0) is 12.8. The third kappa shape index (κ3) is 3.56. The summed E-state index contributed by atoms with van der Waals surface area (Å²) in [4.78, 5) is 15.7. The summed E-state index contributed by atoms with van der Waals surface area (Å²) in [6, 6.07) is 7.87. The number of aryl methyl sites for hydroxylation is 1. The predicted molar refractivity (Wildman–Crippen MR) is 75.1 cm³/mol. The number of benzene rings is 1. The topological polar surface area (TPSA) is 54.0 Å². The van der Waals surface area contributed by atoms with Crippen LogP contribution in [0.15, 0.2) is 35.8 Å². The molecule has 0 saturated heterocycles. The molecule has 0 spiro atoms. The van der Waals surface area contributed by atoms with Crippen molar-refractivity contribution in [3.63, 3.8) is 0 Å². The molecule has 18 heavy (non-hydrogen) atoms. The van der Waals surface area contributed by atoms with Gasteiger partial charge in [-0.15, -0.1) is 11.3 Å². The van der Waals surface area contributed by atoms with E-state index in [4.69, 9.17) is 0 Å². The van der Waals surface area contributed by atoms with E-state index >= 15 is 0 Å². The van der Waals surface area contributed by atoms with Crippen LogP contribution < -0.4 is 10.6 Å². The molecule has 1 aromatic carbocycles. The average molecular weight is 261 g/mol. The molecule has 1 heterocycles. The molecule has 0 aliphatic heterocycles. The molecule has 5 heteroatoms. The van der Waals surface area contributed by atoms with E-state index in [1.54, 1.807) is 6.20 Å². The minimum Gasteiger partial charge on any atom is -0.352 e. The molecule has 0 saturated carbocycles. The summed E-state index contributed by atoms with van der Waals surface area (Å²) < 4.78 is 0. The van der Waals surface area contributed by atoms with Crippen LogP contribution in [-0.2, 0) is 11.2 Å². The second-order valence-corrected chi connectivity index (χ2v) is 4.68. The first-order valence-electron chi connectivity index (χ1n) is 5.80. The van der Waals surface area contributed by atoms with Gasteiger partial charge in [-0.1, -0.05) is 19.1 Å². The van der Waals surface area contributed by atoms with Crippen molar-refractivity contribution in [2.24, 2.45) is 0 Å². The number of aromatic nitrogens is 1. The lowest BCUT2D eigenvalue weighted by Gasteiger charge is -2.06. The molecule has 1 aromatic heterocycles. The molecule has 0 fully saturated rings. The Labute approximate surface area is 110 Å². The summed E-state index contributed by atoms with van der Waals surface area (Å²) in [5.41, 5.74) is 2.08. The van der Waals surface area contributed by atoms with Crippen molar-refractivity contribution < 1.29 is 4.79 Å². The maximum atomic E-state index is 11.7. The highest BCUT2D eigenvalue weighted by atomic mass is 32.1. The largest absolute Gasteiger partial charge is 0.352 e. The maximum absolute atomic E-state index is 11.7. The summed E-state index contributed by atoms with van der Waals surface area (Å²) >= 11 is 1.47. The van der Waals surface area contributed by atoms with E-state index in [0.717, 1.165) is 17.2 Å². The first kappa shape index (κ1) is 12.6. The molecule has 0 atom stereocenters. The highest BCUT2D eigenvalue weighted by Crippen LogP contribution is 2.11. The first-order chi connectivity index (χ1) is 8.78. The number of hydrogen-bond donors (Lipinski definition) is 2. The summed E-state index contributed by atoms with van der Waals surface area (Å²) in [5, 5.41) is 8.41. The Balaban J connectivity index is 1.83. The van der Waals surface area contributed by atoms with E-state index in [0.29, 0.717) is 0 Å². The quantitative estimate of drug-likeness (QED) is 0.870. The Bertz CT molecular complexity index is 493. The molecule has 0 aliphatic carbocycles. The highest BCUT2D eigenvalue weighted by Gasteiger charge is 2.03. The van der Waals surface area contributed by atoms with Gasteiger partial charge in [-0.25, -0.2) is 4.98 Å². The van der Waals surface area contributed by atoms with Gasteiger partial charge in [0.05, 0.1) is 6.54 Å². The van der Waals surface area contributed by atoms with Crippen molar-refractivity contribution in [2.45, 2.75) is 13.3 Å². The lowest BCUT2D eigenvalue weighted by atomic mass is 10.1. The summed E-state index contributed by atoms with van der Waals surface area (Å²) in [6.45, 7) is 2.33. The zero-order valence-corrected chi connectivity index (χ0v) is 11.0. The number of carbonyl (C=O) groups excluding carboxylic acids is 1. The number of anilines is 2. The Morgan fingerprint density at radius 1 is 1.33 bits per heavy atom. The monoisotopic (exact) mass is 261 g/mol. The van der Waals surface area contributed by atoms with Crippen LogP contribution in [0.4, 0.5) is 10.8 Å². The Morgan fingerprint density at radius 3 is 2.72 bits per heavy atom. The lowest BCUT2D eigenvalue weighted by Crippen LogP contribution is -2.21. The molecule has 2 rings (SSSR count). The van der Waals surface area contributed by atoms with Gasteiger partial charge in [0.1, 0.15) is 0 Å². The molecule has 0 radical (unpaired) electrons. The van der Waals surface area contributed by atoms with Crippen LogP contribution in [0.2, 0.25) is 0 Å². The van der Waals surface area contributed by atoms with E-state index in [2.05, 4.69) is 22.5 Å². The van der Waals surface area contributed by atoms with Gasteiger partial charge >= 0.3 is 0 Å². The Morgan fingerprint density at radius 2 is 2.11 bits per heavy atom. The fourth-order valence-corrected chi connectivity index (χ4v) is 2.02. The predicted octanol–water partition coefficient (Wildman–Crippen LogP) is 2.76. The van der Waals surface area contributed by atoms with E-state index in [9.17, 15) is 4.79 Å². The number of carbonyl (C=O) groups is 1. The second kappa shape index (κ2) is 6.16. The van der Waals surface area contributed by atoms with Crippen molar-refractivity contribution in [1.29, 1.82) is 0 Å². The van der Waals surface area contributed by atoms with E-state index in [-0.39, 0.29) is 12.5 Å². The van der Waals surface area contributed by atoms with Gasteiger partial charge < -0.3 is 10.6 Å². The summed E-state index contributed by atoms with van der Waals surface area (Å²) in [5.74, 6) is -0.0746. The number of rotatable bonds is 5. The molecule has 0 aliphatic rings. The van der Waals surface area contributed by atoms with Crippen LogP contribution in [0.1, 0.15) is 12.5 Å². The molecule has 2 aromatic rings. The van der Waals surface area contributed by atoms with Gasteiger partial charge in [-0.05, 0) is 24.1 Å². The standard InChI is InChI=1S/C13H15N3OS/c1-2-10-3-5-11(6-4-10)16-12(17)9-15-13-14-7-8-18-13/h3-8H,2,9H2,1H3,(H,14,15)(H,16,17). The Kier molecular flexibility index (Phi) is 4.30. The molecule has 2 N–H and O–H groups in total. The number of nitrogens with zero attached hydrogens (tertiary/aromatic N) is 1. The molecule has 4 nitrogen and oxygen atoms in total. The number of thiazole rings is 1. The first-order valence-corrected chi connectivity index (χ1v) is 6.68. The molecule has 94 valence electrons. The normalized spacial score (nSPS) is 10.1. The van der Waals surface area contributed by atoms with Crippen molar-refractivity contribution >= 4 is 28.1 Å². The number of nitrogens with one attached hydrogen (secondary N) is 2. The van der Waals surface area contributed by atoms with Crippen molar-refractivity contribution in [1.82, 2.24) is 4.98 Å². The van der Waals surface area contributed by atoms with Crippen LogP contribution in [0.25, 0.3) is 0 Å². The maximum Gasteiger partial charge on any atom is 0.243 e. The van der Waals surface area contributed by atoms with Gasteiger partial charge in [0, 0.05) is 17.3 Å². The minimum absolute atomic E-state index is 0.0746.